The van der Waals surface area contributed by atoms with E-state index in [-0.39, 0.29) is 18.2 Å². The van der Waals surface area contributed by atoms with Crippen molar-refractivity contribution in [1.82, 2.24) is 5.32 Å². The summed E-state index contributed by atoms with van der Waals surface area (Å²) in [6.45, 7) is 0. The summed E-state index contributed by atoms with van der Waals surface area (Å²) in [4.78, 5) is 23.8. The zero-order valence-corrected chi connectivity index (χ0v) is 12.1. The number of hydrogen-bond donors (Lipinski definition) is 1. The van der Waals surface area contributed by atoms with Crippen LogP contribution in [0.25, 0.3) is 0 Å². The Morgan fingerprint density at radius 3 is 2.60 bits per heavy atom. The quantitative estimate of drug-likeness (QED) is 0.658. The molecule has 0 heterocycles. The second-order valence-electron chi connectivity index (χ2n) is 5.18. The van der Waals surface area contributed by atoms with Crippen molar-refractivity contribution >= 4 is 11.8 Å². The van der Waals surface area contributed by atoms with Gasteiger partial charge in [0, 0.05) is 5.56 Å². The van der Waals surface area contributed by atoms with Crippen molar-refractivity contribution in [3.05, 3.63) is 34.9 Å². The van der Waals surface area contributed by atoms with Crippen LogP contribution in [0.5, 0.6) is 0 Å². The van der Waals surface area contributed by atoms with E-state index < -0.39 is 6.04 Å². The molecule has 20 heavy (non-hydrogen) atoms. The molecule has 0 bridgehead atoms. The van der Waals surface area contributed by atoms with Crippen LogP contribution < -0.4 is 5.32 Å². The molecular formula is C16H21NO3. The molecule has 1 aromatic rings. The summed E-state index contributed by atoms with van der Waals surface area (Å²) in [7, 11) is 3.02. The lowest BCUT2D eigenvalue weighted by molar-refractivity contribution is -0.140. The number of benzene rings is 1. The van der Waals surface area contributed by atoms with Crippen molar-refractivity contribution in [2.24, 2.45) is 0 Å². The van der Waals surface area contributed by atoms with E-state index in [1.54, 1.807) is 7.05 Å². The number of rotatable bonds is 5. The topological polar surface area (TPSA) is 55.4 Å². The molecule has 4 nitrogen and oxygen atoms in total. The molecule has 0 amide bonds. The van der Waals surface area contributed by atoms with Crippen LogP contribution in [-0.4, -0.2) is 32.0 Å². The van der Waals surface area contributed by atoms with Gasteiger partial charge in [0.25, 0.3) is 0 Å². The van der Waals surface area contributed by atoms with Crippen LogP contribution in [0.4, 0.5) is 0 Å². The third-order valence-electron chi connectivity index (χ3n) is 3.90. The van der Waals surface area contributed by atoms with Gasteiger partial charge < -0.3 is 10.1 Å². The molecule has 2 rings (SSSR count). The average Bonchev–Trinajstić information content (AvgIpc) is 2.51. The minimum absolute atomic E-state index is 0.0497. The fraction of sp³-hybridized carbons (Fsp3) is 0.500. The molecule has 108 valence electrons. The normalized spacial score (nSPS) is 15.3. The molecule has 1 aliphatic rings. The molecule has 1 aromatic carbocycles. The number of likely N-dealkylation sites (N-methyl/N-ethyl adjacent to an activating group) is 1. The highest BCUT2D eigenvalue weighted by Crippen LogP contribution is 2.23. The molecule has 1 atom stereocenters. The van der Waals surface area contributed by atoms with E-state index >= 15 is 0 Å². The first-order valence-electron chi connectivity index (χ1n) is 7.05. The van der Waals surface area contributed by atoms with Crippen molar-refractivity contribution < 1.29 is 14.3 Å². The number of aryl methyl sites for hydroxylation is 2. The van der Waals surface area contributed by atoms with Crippen LogP contribution in [-0.2, 0) is 22.4 Å². The predicted octanol–water partition coefficient (Wildman–Crippen LogP) is 1.90. The lowest BCUT2D eigenvalue weighted by Crippen LogP contribution is -2.36. The van der Waals surface area contributed by atoms with Crippen molar-refractivity contribution in [2.75, 3.05) is 14.2 Å². The summed E-state index contributed by atoms with van der Waals surface area (Å²) in [5.41, 5.74) is 3.30. The minimum atomic E-state index is -0.524. The van der Waals surface area contributed by atoms with Gasteiger partial charge >= 0.3 is 5.97 Å². The minimum Gasteiger partial charge on any atom is -0.469 e. The largest absolute Gasteiger partial charge is 0.469 e. The van der Waals surface area contributed by atoms with Gasteiger partial charge in [0.2, 0.25) is 0 Å². The number of esters is 1. The number of carbonyl (C=O) groups excluding carboxylic acids is 2. The second-order valence-corrected chi connectivity index (χ2v) is 5.18. The Morgan fingerprint density at radius 1 is 1.25 bits per heavy atom. The van der Waals surface area contributed by atoms with Crippen molar-refractivity contribution in [1.29, 1.82) is 0 Å². The number of methoxy groups -OCH3 is 1. The number of carbonyl (C=O) groups is 2. The van der Waals surface area contributed by atoms with Crippen LogP contribution in [0, 0.1) is 0 Å². The van der Waals surface area contributed by atoms with Gasteiger partial charge in [-0.3, -0.25) is 9.59 Å². The van der Waals surface area contributed by atoms with Gasteiger partial charge in [-0.05, 0) is 49.9 Å². The Bertz CT molecular complexity index is 510. The Balaban J connectivity index is 2.16. The summed E-state index contributed by atoms with van der Waals surface area (Å²) in [6.07, 6.45) is 4.60. The van der Waals surface area contributed by atoms with Crippen LogP contribution in [0.15, 0.2) is 18.2 Å². The average molecular weight is 275 g/mol. The number of ether oxygens (including phenoxy) is 1. The van der Waals surface area contributed by atoms with E-state index in [2.05, 4.69) is 10.1 Å². The van der Waals surface area contributed by atoms with E-state index in [0.29, 0.717) is 5.56 Å². The standard InChI is InChI=1S/C16H21NO3/c1-17-14(10-15(18)20-2)16(19)13-8-7-11-5-3-4-6-12(11)9-13/h7-9,14,17H,3-6,10H2,1-2H3. The number of Topliss-reactive ketones (excluding diaryl/α,β-unsaturated/α-hetero) is 1. The number of ketones is 1. The maximum absolute atomic E-state index is 12.4. The molecule has 1 unspecified atom stereocenters. The SMILES string of the molecule is CNC(CC(=O)OC)C(=O)c1ccc2c(c1)CCCC2. The Labute approximate surface area is 119 Å². The summed E-state index contributed by atoms with van der Waals surface area (Å²) in [5.74, 6) is -0.429. The number of nitrogens with one attached hydrogen (secondary N) is 1. The maximum Gasteiger partial charge on any atom is 0.307 e. The molecular weight excluding hydrogens is 254 g/mol. The van der Waals surface area contributed by atoms with Gasteiger partial charge in [0.05, 0.1) is 19.6 Å². The highest BCUT2D eigenvalue weighted by molar-refractivity contribution is 6.02. The monoisotopic (exact) mass is 275 g/mol. The van der Waals surface area contributed by atoms with E-state index in [0.717, 1.165) is 12.8 Å². The van der Waals surface area contributed by atoms with Crippen molar-refractivity contribution in [2.45, 2.75) is 38.1 Å². The molecule has 0 aliphatic heterocycles. The first-order valence-corrected chi connectivity index (χ1v) is 7.05. The summed E-state index contributed by atoms with van der Waals surface area (Å²) in [6, 6.07) is 5.38. The zero-order valence-electron chi connectivity index (χ0n) is 12.1. The van der Waals surface area contributed by atoms with E-state index in [9.17, 15) is 9.59 Å². The Hall–Kier alpha value is -1.68. The van der Waals surface area contributed by atoms with E-state index in [1.807, 2.05) is 18.2 Å². The van der Waals surface area contributed by atoms with Gasteiger partial charge in [0.1, 0.15) is 0 Å². The van der Waals surface area contributed by atoms with Gasteiger partial charge in [-0.2, -0.15) is 0 Å². The second kappa shape index (κ2) is 6.66. The summed E-state index contributed by atoms with van der Waals surface area (Å²) < 4.78 is 4.63. The Kier molecular flexibility index (Phi) is 4.90. The third kappa shape index (κ3) is 3.25. The van der Waals surface area contributed by atoms with Crippen LogP contribution in [0.1, 0.15) is 40.7 Å². The molecule has 1 N–H and O–H groups in total. The predicted molar refractivity (Wildman–Crippen MR) is 76.9 cm³/mol. The number of hydrogen-bond acceptors (Lipinski definition) is 4. The highest BCUT2D eigenvalue weighted by Gasteiger charge is 2.23. The summed E-state index contributed by atoms with van der Waals surface area (Å²) in [5, 5.41) is 2.90. The van der Waals surface area contributed by atoms with E-state index in [4.69, 9.17) is 0 Å². The third-order valence-corrected chi connectivity index (χ3v) is 3.90. The fourth-order valence-electron chi connectivity index (χ4n) is 2.66. The Morgan fingerprint density at radius 2 is 1.95 bits per heavy atom. The maximum atomic E-state index is 12.4. The summed E-state index contributed by atoms with van der Waals surface area (Å²) >= 11 is 0. The lowest BCUT2D eigenvalue weighted by Gasteiger charge is -2.18. The van der Waals surface area contributed by atoms with Crippen LogP contribution >= 0.6 is 0 Å². The lowest BCUT2D eigenvalue weighted by atomic mass is 9.89. The van der Waals surface area contributed by atoms with Gasteiger partial charge in [0.15, 0.2) is 5.78 Å². The molecule has 1 aliphatic carbocycles. The van der Waals surface area contributed by atoms with E-state index in [1.165, 1.54) is 31.1 Å². The van der Waals surface area contributed by atoms with Crippen LogP contribution in [0.2, 0.25) is 0 Å². The first kappa shape index (κ1) is 14.7. The molecule has 0 radical (unpaired) electrons. The molecule has 4 heteroatoms. The molecule has 0 spiro atoms. The zero-order chi connectivity index (χ0) is 14.5. The van der Waals surface area contributed by atoms with Crippen molar-refractivity contribution in [3.8, 4) is 0 Å². The van der Waals surface area contributed by atoms with Gasteiger partial charge in [-0.25, -0.2) is 0 Å². The smallest absolute Gasteiger partial charge is 0.307 e. The van der Waals surface area contributed by atoms with Gasteiger partial charge in [-0.1, -0.05) is 12.1 Å². The first-order chi connectivity index (χ1) is 9.65. The molecule has 0 aromatic heterocycles. The molecule has 0 saturated carbocycles. The highest BCUT2D eigenvalue weighted by atomic mass is 16.5. The van der Waals surface area contributed by atoms with Crippen molar-refractivity contribution in [3.63, 3.8) is 0 Å². The van der Waals surface area contributed by atoms with Crippen LogP contribution in [0.3, 0.4) is 0 Å². The fourth-order valence-corrected chi connectivity index (χ4v) is 2.66. The van der Waals surface area contributed by atoms with Gasteiger partial charge in [-0.15, -0.1) is 0 Å². The molecule has 0 saturated heterocycles. The number of fused-ring (bicyclic) bond motifs is 1. The molecule has 0 fully saturated rings.